The Hall–Kier alpha value is -2.43. The Morgan fingerprint density at radius 2 is 2.00 bits per heavy atom. The molecule has 0 spiro atoms. The number of aromatic nitrogens is 2. The molecule has 2 rings (SSSR count). The van der Waals surface area contributed by atoms with E-state index in [-0.39, 0.29) is 5.56 Å². The van der Waals surface area contributed by atoms with Crippen LogP contribution in [-0.4, -0.2) is 21.0 Å². The zero-order valence-corrected chi connectivity index (χ0v) is 9.00. The fourth-order valence-corrected chi connectivity index (χ4v) is 1.35. The van der Waals surface area contributed by atoms with Crippen LogP contribution < -0.4 is 5.32 Å². The van der Waals surface area contributed by atoms with E-state index in [1.54, 1.807) is 30.5 Å². The number of carboxylic acids is 1. The molecule has 0 bridgehead atoms. The molecule has 0 amide bonds. The standard InChI is InChI=1S/C12H11N3O2/c16-12(17)9-1-3-10(4-2-9)14-7-11-5-6-13-8-15-11/h1-6,8,14H,7H2,(H,16,17). The predicted molar refractivity (Wildman–Crippen MR) is 62.8 cm³/mol. The Kier molecular flexibility index (Phi) is 3.30. The van der Waals surface area contributed by atoms with Crippen molar-refractivity contribution in [3.63, 3.8) is 0 Å². The van der Waals surface area contributed by atoms with Crippen molar-refractivity contribution in [2.75, 3.05) is 5.32 Å². The van der Waals surface area contributed by atoms with E-state index < -0.39 is 5.97 Å². The van der Waals surface area contributed by atoms with Gasteiger partial charge in [-0.25, -0.2) is 14.8 Å². The highest BCUT2D eigenvalue weighted by molar-refractivity contribution is 5.87. The van der Waals surface area contributed by atoms with Gasteiger partial charge < -0.3 is 10.4 Å². The van der Waals surface area contributed by atoms with Gasteiger partial charge >= 0.3 is 5.97 Å². The van der Waals surface area contributed by atoms with Crippen molar-refractivity contribution in [3.8, 4) is 0 Å². The van der Waals surface area contributed by atoms with E-state index in [9.17, 15) is 4.79 Å². The maximum Gasteiger partial charge on any atom is 0.335 e. The Labute approximate surface area is 98.2 Å². The Balaban J connectivity index is 1.98. The lowest BCUT2D eigenvalue weighted by Gasteiger charge is -2.05. The largest absolute Gasteiger partial charge is 0.478 e. The van der Waals surface area contributed by atoms with Crippen LogP contribution in [0.5, 0.6) is 0 Å². The van der Waals surface area contributed by atoms with Crippen molar-refractivity contribution in [2.45, 2.75) is 6.54 Å². The summed E-state index contributed by atoms with van der Waals surface area (Å²) in [5, 5.41) is 11.9. The summed E-state index contributed by atoms with van der Waals surface area (Å²) in [6.07, 6.45) is 3.17. The molecule has 0 aliphatic rings. The molecular formula is C12H11N3O2. The van der Waals surface area contributed by atoms with Crippen LogP contribution in [0.1, 0.15) is 16.1 Å². The molecule has 0 saturated heterocycles. The molecule has 1 heterocycles. The molecule has 0 unspecified atom stereocenters. The third kappa shape index (κ3) is 3.01. The van der Waals surface area contributed by atoms with Gasteiger partial charge in [-0.05, 0) is 30.3 Å². The highest BCUT2D eigenvalue weighted by atomic mass is 16.4. The van der Waals surface area contributed by atoms with Crippen molar-refractivity contribution >= 4 is 11.7 Å². The summed E-state index contributed by atoms with van der Waals surface area (Å²) < 4.78 is 0. The lowest BCUT2D eigenvalue weighted by Crippen LogP contribution is -2.02. The number of nitrogens with one attached hydrogen (secondary N) is 1. The Bertz CT molecular complexity index is 497. The van der Waals surface area contributed by atoms with E-state index in [1.165, 1.54) is 6.33 Å². The zero-order valence-electron chi connectivity index (χ0n) is 9.00. The number of benzene rings is 1. The second kappa shape index (κ2) is 5.07. The highest BCUT2D eigenvalue weighted by Gasteiger charge is 2.01. The van der Waals surface area contributed by atoms with Gasteiger partial charge in [0.05, 0.1) is 17.8 Å². The van der Waals surface area contributed by atoms with Gasteiger partial charge in [0.25, 0.3) is 0 Å². The molecule has 1 aromatic heterocycles. The summed E-state index contributed by atoms with van der Waals surface area (Å²) in [7, 11) is 0. The molecule has 86 valence electrons. The average Bonchev–Trinajstić information content (AvgIpc) is 2.38. The molecule has 0 aliphatic carbocycles. The normalized spacial score (nSPS) is 9.88. The number of carbonyl (C=O) groups is 1. The minimum absolute atomic E-state index is 0.276. The molecule has 1 aromatic carbocycles. The van der Waals surface area contributed by atoms with Crippen LogP contribution in [0.25, 0.3) is 0 Å². The molecular weight excluding hydrogens is 218 g/mol. The van der Waals surface area contributed by atoms with E-state index in [1.807, 2.05) is 6.07 Å². The maximum absolute atomic E-state index is 10.7. The van der Waals surface area contributed by atoms with Gasteiger partial charge in [0, 0.05) is 11.9 Å². The monoisotopic (exact) mass is 229 g/mol. The second-order valence-electron chi connectivity index (χ2n) is 3.44. The first-order chi connectivity index (χ1) is 8.25. The zero-order chi connectivity index (χ0) is 12.1. The molecule has 0 aliphatic heterocycles. The second-order valence-corrected chi connectivity index (χ2v) is 3.44. The van der Waals surface area contributed by atoms with Crippen LogP contribution in [0.15, 0.2) is 42.9 Å². The SMILES string of the molecule is O=C(O)c1ccc(NCc2ccncn2)cc1. The molecule has 2 aromatic rings. The Morgan fingerprint density at radius 1 is 1.24 bits per heavy atom. The first-order valence-corrected chi connectivity index (χ1v) is 5.08. The summed E-state index contributed by atoms with van der Waals surface area (Å²) in [5.74, 6) is -0.924. The molecule has 0 atom stereocenters. The molecule has 0 radical (unpaired) electrons. The third-order valence-electron chi connectivity index (χ3n) is 2.25. The summed E-state index contributed by atoms with van der Waals surface area (Å²) in [4.78, 5) is 18.6. The molecule has 5 heteroatoms. The van der Waals surface area contributed by atoms with E-state index >= 15 is 0 Å². The van der Waals surface area contributed by atoms with Gasteiger partial charge in [-0.15, -0.1) is 0 Å². The average molecular weight is 229 g/mol. The Morgan fingerprint density at radius 3 is 2.59 bits per heavy atom. The van der Waals surface area contributed by atoms with Crippen molar-refractivity contribution < 1.29 is 9.90 Å². The van der Waals surface area contributed by atoms with Gasteiger partial charge in [-0.3, -0.25) is 0 Å². The predicted octanol–water partition coefficient (Wildman–Crippen LogP) is 1.79. The number of anilines is 1. The number of nitrogens with zero attached hydrogens (tertiary/aromatic N) is 2. The quantitative estimate of drug-likeness (QED) is 0.835. The van der Waals surface area contributed by atoms with E-state index in [4.69, 9.17) is 5.11 Å². The van der Waals surface area contributed by atoms with Crippen molar-refractivity contribution in [1.82, 2.24) is 9.97 Å². The topological polar surface area (TPSA) is 75.1 Å². The van der Waals surface area contributed by atoms with Gasteiger partial charge in [0.15, 0.2) is 0 Å². The third-order valence-corrected chi connectivity index (χ3v) is 2.25. The van der Waals surface area contributed by atoms with Crippen LogP contribution in [0.4, 0.5) is 5.69 Å². The molecule has 17 heavy (non-hydrogen) atoms. The van der Waals surface area contributed by atoms with Crippen molar-refractivity contribution in [3.05, 3.63) is 54.1 Å². The van der Waals surface area contributed by atoms with Crippen LogP contribution in [0.2, 0.25) is 0 Å². The number of hydrogen-bond donors (Lipinski definition) is 2. The lowest BCUT2D eigenvalue weighted by atomic mass is 10.2. The lowest BCUT2D eigenvalue weighted by molar-refractivity contribution is 0.0697. The highest BCUT2D eigenvalue weighted by Crippen LogP contribution is 2.10. The van der Waals surface area contributed by atoms with E-state index in [2.05, 4.69) is 15.3 Å². The minimum Gasteiger partial charge on any atom is -0.478 e. The number of carboxylic acid groups (broad SMARTS) is 1. The van der Waals surface area contributed by atoms with Crippen molar-refractivity contribution in [1.29, 1.82) is 0 Å². The molecule has 5 nitrogen and oxygen atoms in total. The maximum atomic E-state index is 10.7. The summed E-state index contributed by atoms with van der Waals surface area (Å²) in [6, 6.07) is 8.39. The minimum atomic E-state index is -0.924. The van der Waals surface area contributed by atoms with Crippen LogP contribution >= 0.6 is 0 Å². The molecule has 0 fully saturated rings. The molecule has 0 saturated carbocycles. The fourth-order valence-electron chi connectivity index (χ4n) is 1.35. The van der Waals surface area contributed by atoms with Gasteiger partial charge in [0.1, 0.15) is 6.33 Å². The number of aromatic carboxylic acids is 1. The smallest absolute Gasteiger partial charge is 0.335 e. The van der Waals surface area contributed by atoms with E-state index in [0.717, 1.165) is 11.4 Å². The van der Waals surface area contributed by atoms with Crippen molar-refractivity contribution in [2.24, 2.45) is 0 Å². The summed E-state index contributed by atoms with van der Waals surface area (Å²) in [6.45, 7) is 0.578. The first kappa shape index (κ1) is 11.1. The van der Waals surface area contributed by atoms with Crippen LogP contribution in [-0.2, 0) is 6.54 Å². The number of rotatable bonds is 4. The van der Waals surface area contributed by atoms with E-state index in [0.29, 0.717) is 6.54 Å². The van der Waals surface area contributed by atoms with Crippen LogP contribution in [0, 0.1) is 0 Å². The fraction of sp³-hybridized carbons (Fsp3) is 0.0833. The summed E-state index contributed by atoms with van der Waals surface area (Å²) in [5.41, 5.74) is 2.01. The molecule has 2 N–H and O–H groups in total. The van der Waals surface area contributed by atoms with Gasteiger partial charge in [-0.1, -0.05) is 0 Å². The summed E-state index contributed by atoms with van der Waals surface area (Å²) >= 11 is 0. The van der Waals surface area contributed by atoms with Crippen LogP contribution in [0.3, 0.4) is 0 Å². The van der Waals surface area contributed by atoms with Gasteiger partial charge in [-0.2, -0.15) is 0 Å². The first-order valence-electron chi connectivity index (χ1n) is 5.08. The number of hydrogen-bond acceptors (Lipinski definition) is 4. The van der Waals surface area contributed by atoms with Gasteiger partial charge in [0.2, 0.25) is 0 Å².